The number of rotatable bonds is 4. The van der Waals surface area contributed by atoms with Crippen molar-refractivity contribution in [3.63, 3.8) is 0 Å². The summed E-state index contributed by atoms with van der Waals surface area (Å²) in [7, 11) is 0. The minimum absolute atomic E-state index is 0.00996. The maximum absolute atomic E-state index is 11.7. The molecule has 0 atom stereocenters. The Morgan fingerprint density at radius 1 is 1.05 bits per heavy atom. The lowest BCUT2D eigenvalue weighted by molar-refractivity contribution is -0.128. The third kappa shape index (κ3) is 4.19. The minimum atomic E-state index is -1.15. The molecule has 0 saturated heterocycles. The molecule has 0 saturated carbocycles. The predicted molar refractivity (Wildman–Crippen MR) is 79.5 cm³/mol. The van der Waals surface area contributed by atoms with E-state index in [0.717, 1.165) is 5.56 Å². The molecule has 2 rings (SSSR count). The van der Waals surface area contributed by atoms with Crippen LogP contribution in [0, 0.1) is 0 Å². The van der Waals surface area contributed by atoms with Gasteiger partial charge in [0.1, 0.15) is 11.3 Å². The number of aromatic carboxylic acids is 1. The average molecular weight is 303 g/mol. The molecule has 106 valence electrons. The summed E-state index contributed by atoms with van der Waals surface area (Å²) in [6.45, 7) is 0. The molecule has 0 spiro atoms. The molecular formula is C16H11ClO4. The Balaban J connectivity index is 2.08. The molecule has 21 heavy (non-hydrogen) atoms. The smallest absolute Gasteiger partial charge is 0.339 e. The van der Waals surface area contributed by atoms with Crippen LogP contribution in [0.5, 0.6) is 5.75 Å². The molecule has 0 fully saturated rings. The number of carboxylic acids is 1. The number of carbonyl (C=O) groups is 2. The van der Waals surface area contributed by atoms with Crippen molar-refractivity contribution in [2.75, 3.05) is 0 Å². The first-order chi connectivity index (χ1) is 10.1. The van der Waals surface area contributed by atoms with Gasteiger partial charge in [0.2, 0.25) is 0 Å². The van der Waals surface area contributed by atoms with Crippen LogP contribution in [0.3, 0.4) is 0 Å². The number of carboxylic acid groups (broad SMARTS) is 1. The van der Waals surface area contributed by atoms with E-state index in [4.69, 9.17) is 21.4 Å². The van der Waals surface area contributed by atoms with Crippen LogP contribution >= 0.6 is 11.6 Å². The van der Waals surface area contributed by atoms with Crippen LogP contribution < -0.4 is 4.74 Å². The minimum Gasteiger partial charge on any atom is -0.478 e. The quantitative estimate of drug-likeness (QED) is 0.532. The van der Waals surface area contributed by atoms with Gasteiger partial charge in [-0.15, -0.1) is 0 Å². The van der Waals surface area contributed by atoms with Crippen LogP contribution in [0.15, 0.2) is 54.6 Å². The molecule has 0 amide bonds. The van der Waals surface area contributed by atoms with E-state index in [9.17, 15) is 9.59 Å². The van der Waals surface area contributed by atoms with Crippen LogP contribution in [0.4, 0.5) is 0 Å². The van der Waals surface area contributed by atoms with Gasteiger partial charge in [-0.3, -0.25) is 0 Å². The first kappa shape index (κ1) is 14.8. The highest BCUT2D eigenvalue weighted by Gasteiger charge is 2.12. The van der Waals surface area contributed by atoms with Gasteiger partial charge in [-0.25, -0.2) is 9.59 Å². The van der Waals surface area contributed by atoms with E-state index in [1.54, 1.807) is 42.5 Å². The Bertz CT molecular complexity index is 690. The Kier molecular flexibility index (Phi) is 4.74. The van der Waals surface area contributed by atoms with E-state index < -0.39 is 11.9 Å². The molecule has 5 heteroatoms. The summed E-state index contributed by atoms with van der Waals surface area (Å²) in [5.74, 6) is -1.80. The second kappa shape index (κ2) is 6.72. The molecule has 0 unspecified atom stereocenters. The lowest BCUT2D eigenvalue weighted by Gasteiger charge is -2.04. The third-order valence-corrected chi connectivity index (χ3v) is 2.86. The van der Waals surface area contributed by atoms with Crippen molar-refractivity contribution in [3.05, 3.63) is 70.8 Å². The molecule has 0 radical (unpaired) electrons. The number of benzene rings is 2. The number of ether oxygens (including phenoxy) is 1. The maximum Gasteiger partial charge on any atom is 0.339 e. The lowest BCUT2D eigenvalue weighted by Crippen LogP contribution is -2.08. The summed E-state index contributed by atoms with van der Waals surface area (Å²) in [6.07, 6.45) is 2.78. The van der Waals surface area contributed by atoms with Gasteiger partial charge in [-0.2, -0.15) is 0 Å². The fourth-order valence-corrected chi connectivity index (χ4v) is 1.74. The summed E-state index contributed by atoms with van der Waals surface area (Å²) < 4.78 is 5.02. The molecule has 0 aromatic heterocycles. The summed E-state index contributed by atoms with van der Waals surface area (Å²) in [4.78, 5) is 22.7. The highest BCUT2D eigenvalue weighted by atomic mass is 35.5. The van der Waals surface area contributed by atoms with Crippen LogP contribution in [0.25, 0.3) is 6.08 Å². The molecule has 2 aromatic rings. The molecule has 0 bridgehead atoms. The first-order valence-electron chi connectivity index (χ1n) is 6.04. The number of hydrogen-bond acceptors (Lipinski definition) is 3. The third-order valence-electron chi connectivity index (χ3n) is 2.61. The second-order valence-electron chi connectivity index (χ2n) is 4.11. The van der Waals surface area contributed by atoms with Gasteiger partial charge < -0.3 is 9.84 Å². The monoisotopic (exact) mass is 302 g/mol. The Morgan fingerprint density at radius 3 is 2.38 bits per heavy atom. The largest absolute Gasteiger partial charge is 0.478 e. The standard InChI is InChI=1S/C16H11ClO4/c17-12-8-5-11(6-9-12)7-10-15(18)21-14-4-2-1-3-13(14)16(19)20/h1-10H,(H,19,20). The van der Waals surface area contributed by atoms with Gasteiger partial charge >= 0.3 is 11.9 Å². The van der Waals surface area contributed by atoms with Crippen molar-refractivity contribution in [2.24, 2.45) is 0 Å². The molecular weight excluding hydrogens is 292 g/mol. The molecule has 0 aliphatic rings. The van der Waals surface area contributed by atoms with Crippen LogP contribution in [0.1, 0.15) is 15.9 Å². The van der Waals surface area contributed by atoms with E-state index in [-0.39, 0.29) is 11.3 Å². The van der Waals surface area contributed by atoms with Crippen molar-refractivity contribution >= 4 is 29.6 Å². The maximum atomic E-state index is 11.7. The van der Waals surface area contributed by atoms with E-state index >= 15 is 0 Å². The van der Waals surface area contributed by atoms with Gasteiger partial charge in [-0.05, 0) is 35.9 Å². The van der Waals surface area contributed by atoms with E-state index in [0.29, 0.717) is 5.02 Å². The van der Waals surface area contributed by atoms with Crippen molar-refractivity contribution in [3.8, 4) is 5.75 Å². The van der Waals surface area contributed by atoms with Gasteiger partial charge in [0.15, 0.2) is 0 Å². The Morgan fingerprint density at radius 2 is 1.71 bits per heavy atom. The fourth-order valence-electron chi connectivity index (χ4n) is 1.61. The number of hydrogen-bond donors (Lipinski definition) is 1. The van der Waals surface area contributed by atoms with Crippen molar-refractivity contribution in [1.29, 1.82) is 0 Å². The number of esters is 1. The number of halogens is 1. The molecule has 0 aliphatic heterocycles. The summed E-state index contributed by atoms with van der Waals surface area (Å²) in [6, 6.07) is 12.8. The summed E-state index contributed by atoms with van der Waals surface area (Å²) in [5.41, 5.74) is 0.716. The molecule has 4 nitrogen and oxygen atoms in total. The second-order valence-corrected chi connectivity index (χ2v) is 4.54. The number of para-hydroxylation sites is 1. The summed E-state index contributed by atoms with van der Waals surface area (Å²) in [5, 5.41) is 9.59. The summed E-state index contributed by atoms with van der Waals surface area (Å²) >= 11 is 5.76. The van der Waals surface area contributed by atoms with Crippen molar-refractivity contribution < 1.29 is 19.4 Å². The van der Waals surface area contributed by atoms with Crippen molar-refractivity contribution in [1.82, 2.24) is 0 Å². The van der Waals surface area contributed by atoms with E-state index in [1.807, 2.05) is 0 Å². The average Bonchev–Trinajstić information content (AvgIpc) is 2.47. The van der Waals surface area contributed by atoms with Gasteiger partial charge in [0.05, 0.1) is 0 Å². The molecule has 1 N–H and O–H groups in total. The zero-order valence-corrected chi connectivity index (χ0v) is 11.6. The molecule has 0 aliphatic carbocycles. The Hall–Kier alpha value is -2.59. The normalized spacial score (nSPS) is 10.5. The molecule has 2 aromatic carbocycles. The van der Waals surface area contributed by atoms with Crippen molar-refractivity contribution in [2.45, 2.75) is 0 Å². The van der Waals surface area contributed by atoms with Gasteiger partial charge in [0.25, 0.3) is 0 Å². The fraction of sp³-hybridized carbons (Fsp3) is 0. The first-order valence-corrected chi connectivity index (χ1v) is 6.42. The van der Waals surface area contributed by atoms with Gasteiger partial charge in [0, 0.05) is 11.1 Å². The topological polar surface area (TPSA) is 63.6 Å². The SMILES string of the molecule is O=C(C=Cc1ccc(Cl)cc1)Oc1ccccc1C(=O)O. The zero-order chi connectivity index (χ0) is 15.2. The number of carbonyl (C=O) groups excluding carboxylic acids is 1. The van der Waals surface area contributed by atoms with E-state index in [1.165, 1.54) is 18.2 Å². The molecule has 0 heterocycles. The highest BCUT2D eigenvalue weighted by molar-refractivity contribution is 6.30. The lowest BCUT2D eigenvalue weighted by atomic mass is 10.2. The highest BCUT2D eigenvalue weighted by Crippen LogP contribution is 2.18. The van der Waals surface area contributed by atoms with E-state index in [2.05, 4.69) is 0 Å². The Labute approximate surface area is 126 Å². The van der Waals surface area contributed by atoms with Crippen LogP contribution in [-0.4, -0.2) is 17.0 Å². The van der Waals surface area contributed by atoms with Crippen LogP contribution in [-0.2, 0) is 4.79 Å². The zero-order valence-electron chi connectivity index (χ0n) is 10.8. The van der Waals surface area contributed by atoms with Gasteiger partial charge in [-0.1, -0.05) is 35.9 Å². The van der Waals surface area contributed by atoms with Crippen LogP contribution in [0.2, 0.25) is 5.02 Å². The predicted octanol–water partition coefficient (Wildman–Crippen LogP) is 3.66.